The number of rotatable bonds is 15. The molecule has 0 spiro atoms. The molecule has 240 valence electrons. The van der Waals surface area contributed by atoms with Gasteiger partial charge in [0.05, 0.1) is 24.7 Å². The highest BCUT2D eigenvalue weighted by Crippen LogP contribution is 2.61. The van der Waals surface area contributed by atoms with Crippen LogP contribution in [0.1, 0.15) is 135 Å². The minimum absolute atomic E-state index is 0.00363. The van der Waals surface area contributed by atoms with Crippen LogP contribution in [0.4, 0.5) is 0 Å². The molecule has 0 aromatic rings. The van der Waals surface area contributed by atoms with Gasteiger partial charge in [-0.25, -0.2) is 0 Å². The Bertz CT molecular complexity index is 815. The van der Waals surface area contributed by atoms with Crippen LogP contribution in [0, 0.1) is 35.0 Å². The number of hydrogen-bond donors (Lipinski definition) is 2. The van der Waals surface area contributed by atoms with E-state index in [-0.39, 0.29) is 43.0 Å². The smallest absolute Gasteiger partial charge is 0.303 e. The molecule has 2 N–H and O–H groups in total. The van der Waals surface area contributed by atoms with Gasteiger partial charge in [-0.05, 0) is 132 Å². The van der Waals surface area contributed by atoms with Gasteiger partial charge in [0.1, 0.15) is 0 Å². The number of aliphatic hydroxyl groups excluding tert-OH is 1. The third-order valence-corrected chi connectivity index (χ3v) is 12.1. The van der Waals surface area contributed by atoms with Gasteiger partial charge in [0.25, 0.3) is 0 Å². The summed E-state index contributed by atoms with van der Waals surface area (Å²) in [6, 6.07) is 0. The lowest BCUT2D eigenvalue weighted by Gasteiger charge is -2.57. The average molecular weight is 591 g/mol. The molecule has 7 nitrogen and oxygen atoms in total. The van der Waals surface area contributed by atoms with E-state index in [1.54, 1.807) is 0 Å². The Hall–Kier alpha value is -0.730. The van der Waals surface area contributed by atoms with Crippen molar-refractivity contribution in [2.45, 2.75) is 166 Å². The van der Waals surface area contributed by atoms with E-state index >= 15 is 0 Å². The topological polar surface area (TPSA) is 94.5 Å². The van der Waals surface area contributed by atoms with Crippen LogP contribution in [-0.4, -0.2) is 60.3 Å². The first-order valence-electron chi connectivity index (χ1n) is 17.9. The Morgan fingerprint density at radius 1 is 0.810 bits per heavy atom. The summed E-state index contributed by atoms with van der Waals surface area (Å²) in [5.74, 6) is 1.95. The zero-order valence-corrected chi connectivity index (χ0v) is 26.0. The molecule has 2 saturated heterocycles. The molecule has 7 fully saturated rings. The number of unbranched alkanes of at least 4 members (excludes halogenated alkanes) is 2. The lowest BCUT2D eigenvalue weighted by Crippen LogP contribution is -2.45. The molecule has 7 aliphatic rings. The normalized spacial score (nSPS) is 42.2. The highest BCUT2D eigenvalue weighted by atomic mass is 16.7. The quantitative estimate of drug-likeness (QED) is 0.194. The van der Waals surface area contributed by atoms with Crippen molar-refractivity contribution in [1.29, 1.82) is 0 Å². The Labute approximate surface area is 253 Å². The Morgan fingerprint density at radius 3 is 2.10 bits per heavy atom. The van der Waals surface area contributed by atoms with E-state index in [9.17, 15) is 15.0 Å². The molecule has 7 atom stereocenters. The number of carboxylic acid groups (broad SMARTS) is 1. The first kappa shape index (κ1) is 31.3. The third kappa shape index (κ3) is 8.10. The van der Waals surface area contributed by atoms with Gasteiger partial charge in [-0.3, -0.25) is 4.79 Å². The average Bonchev–Trinajstić information content (AvgIpc) is 3.24. The summed E-state index contributed by atoms with van der Waals surface area (Å²) < 4.78 is 24.8. The molecule has 0 aromatic heterocycles. The second-order valence-electron chi connectivity index (χ2n) is 15.3. The molecule has 42 heavy (non-hydrogen) atoms. The molecule has 0 amide bonds. The summed E-state index contributed by atoms with van der Waals surface area (Å²) in [6.07, 6.45) is 22.6. The van der Waals surface area contributed by atoms with E-state index in [2.05, 4.69) is 0 Å². The number of aliphatic carboxylic acids is 1. The maximum atomic E-state index is 11.7. The molecule has 0 aromatic carbocycles. The lowest BCUT2D eigenvalue weighted by atomic mass is 9.48. The highest BCUT2D eigenvalue weighted by molar-refractivity contribution is 5.67. The van der Waals surface area contributed by atoms with Crippen molar-refractivity contribution >= 4 is 5.97 Å². The van der Waals surface area contributed by atoms with Crippen LogP contribution in [0.3, 0.4) is 0 Å². The van der Waals surface area contributed by atoms with Crippen LogP contribution in [0.15, 0.2) is 0 Å². The van der Waals surface area contributed by atoms with Gasteiger partial charge in [-0.15, -0.1) is 0 Å². The van der Waals surface area contributed by atoms with E-state index in [1.165, 1.54) is 64.2 Å². The van der Waals surface area contributed by atoms with Gasteiger partial charge in [-0.1, -0.05) is 19.3 Å². The second-order valence-corrected chi connectivity index (χ2v) is 15.3. The zero-order valence-electron chi connectivity index (χ0n) is 26.0. The summed E-state index contributed by atoms with van der Waals surface area (Å²) in [5, 5.41) is 20.5. The highest BCUT2D eigenvalue weighted by Gasteiger charge is 2.50. The molecule has 7 unspecified atom stereocenters. The Balaban J connectivity index is 1.02. The van der Waals surface area contributed by atoms with Crippen molar-refractivity contribution in [3.63, 3.8) is 0 Å². The van der Waals surface area contributed by atoms with Crippen molar-refractivity contribution in [2.75, 3.05) is 13.2 Å². The molecular formula is C35H58O7. The summed E-state index contributed by atoms with van der Waals surface area (Å²) in [6.45, 7) is 1.48. The number of carboxylic acids is 1. The van der Waals surface area contributed by atoms with E-state index in [0.29, 0.717) is 18.4 Å². The molecule has 2 aliphatic heterocycles. The zero-order chi connectivity index (χ0) is 28.9. The van der Waals surface area contributed by atoms with Gasteiger partial charge >= 0.3 is 5.97 Å². The Morgan fingerprint density at radius 2 is 1.48 bits per heavy atom. The van der Waals surface area contributed by atoms with Gasteiger partial charge < -0.3 is 29.2 Å². The molecule has 5 aliphatic carbocycles. The van der Waals surface area contributed by atoms with Crippen molar-refractivity contribution < 1.29 is 34.0 Å². The summed E-state index contributed by atoms with van der Waals surface area (Å²) in [4.78, 5) is 11.7. The van der Waals surface area contributed by atoms with Crippen LogP contribution in [0.2, 0.25) is 0 Å². The molecule has 4 bridgehead atoms. The van der Waals surface area contributed by atoms with Crippen LogP contribution >= 0.6 is 0 Å². The molecule has 5 saturated carbocycles. The fraction of sp³-hybridized carbons (Fsp3) is 0.971. The van der Waals surface area contributed by atoms with Gasteiger partial charge in [0.15, 0.2) is 12.6 Å². The van der Waals surface area contributed by atoms with E-state index < -0.39 is 12.1 Å². The lowest BCUT2D eigenvalue weighted by molar-refractivity contribution is -0.200. The van der Waals surface area contributed by atoms with Crippen LogP contribution in [0.25, 0.3) is 0 Å². The number of hydrogen-bond acceptors (Lipinski definition) is 6. The molecule has 7 heteroatoms. The predicted octanol–water partition coefficient (Wildman–Crippen LogP) is 7.23. The van der Waals surface area contributed by atoms with Gasteiger partial charge in [0.2, 0.25) is 0 Å². The molecule has 2 heterocycles. The predicted molar refractivity (Wildman–Crippen MR) is 160 cm³/mol. The monoisotopic (exact) mass is 590 g/mol. The Kier molecular flexibility index (Phi) is 10.8. The number of carbonyl (C=O) groups is 1. The van der Waals surface area contributed by atoms with E-state index in [1.807, 2.05) is 0 Å². The maximum absolute atomic E-state index is 11.7. The van der Waals surface area contributed by atoms with Crippen molar-refractivity contribution in [3.8, 4) is 0 Å². The molecular weight excluding hydrogens is 532 g/mol. The third-order valence-electron chi connectivity index (χ3n) is 12.1. The fourth-order valence-corrected chi connectivity index (χ4v) is 10.5. The van der Waals surface area contributed by atoms with Gasteiger partial charge in [-0.2, -0.15) is 0 Å². The summed E-state index contributed by atoms with van der Waals surface area (Å²) in [7, 11) is 0. The first-order valence-corrected chi connectivity index (χ1v) is 17.9. The summed E-state index contributed by atoms with van der Waals surface area (Å²) in [5.41, 5.74) is 0.667. The van der Waals surface area contributed by atoms with Crippen molar-refractivity contribution in [3.05, 3.63) is 0 Å². The minimum Gasteiger partial charge on any atom is -0.481 e. The van der Waals surface area contributed by atoms with E-state index in [4.69, 9.17) is 18.9 Å². The largest absolute Gasteiger partial charge is 0.481 e. The number of aliphatic hydroxyl groups is 1. The molecule has 0 radical (unpaired) electrons. The number of ether oxygens (including phenoxy) is 4. The standard InChI is InChI=1S/C35H58O7/c36-30-20-31(42-34-10-4-7-15-40-34)28(29(30)19-32(37)38)12-11-27(41-33-9-3-6-14-39-33)8-2-1-5-13-35-21-24-16-25(22-35)18-26(17-24)23-35/h24-31,33-34,36H,1-23H2,(H,37,38). The first-order chi connectivity index (χ1) is 20.4. The van der Waals surface area contributed by atoms with Crippen molar-refractivity contribution in [1.82, 2.24) is 0 Å². The van der Waals surface area contributed by atoms with Crippen LogP contribution in [0.5, 0.6) is 0 Å². The van der Waals surface area contributed by atoms with Crippen LogP contribution < -0.4 is 0 Å². The second kappa shape index (κ2) is 14.6. The van der Waals surface area contributed by atoms with Crippen molar-refractivity contribution in [2.24, 2.45) is 35.0 Å². The molecule has 7 rings (SSSR count). The van der Waals surface area contributed by atoms with Gasteiger partial charge in [0, 0.05) is 25.6 Å². The SMILES string of the molecule is O=C(O)CC1C(O)CC(OC2CCCCO2)C1CCC(CCCCCC12CC3CC(CC(C3)C1)C2)OC1CCCCO1. The maximum Gasteiger partial charge on any atom is 0.303 e. The fourth-order valence-electron chi connectivity index (χ4n) is 10.5. The summed E-state index contributed by atoms with van der Waals surface area (Å²) >= 11 is 0. The van der Waals surface area contributed by atoms with Crippen LogP contribution in [-0.2, 0) is 23.7 Å². The van der Waals surface area contributed by atoms with E-state index in [0.717, 1.165) is 82.1 Å². The minimum atomic E-state index is -0.846.